The number of aromatic nitrogens is 1. The Bertz CT molecular complexity index is 1350. The summed E-state index contributed by atoms with van der Waals surface area (Å²) in [5.41, 5.74) is 5.07. The lowest BCUT2D eigenvalue weighted by Crippen LogP contribution is -2.33. The summed E-state index contributed by atoms with van der Waals surface area (Å²) in [7, 11) is -3.69. The van der Waals surface area contributed by atoms with E-state index in [-0.39, 0.29) is 6.54 Å². The van der Waals surface area contributed by atoms with Crippen molar-refractivity contribution in [3.63, 3.8) is 0 Å². The first-order valence-corrected chi connectivity index (χ1v) is 12.9. The molecule has 10 heteroatoms. The lowest BCUT2D eigenvalue weighted by molar-refractivity contribution is -0.121. The molecule has 3 rings (SSSR count). The van der Waals surface area contributed by atoms with Crippen LogP contribution in [0.2, 0.25) is 0 Å². The molecule has 0 saturated carbocycles. The summed E-state index contributed by atoms with van der Waals surface area (Å²) in [6.45, 7) is 5.73. The maximum Gasteiger partial charge on any atom is 0.404 e. The number of amides is 2. The summed E-state index contributed by atoms with van der Waals surface area (Å²) in [6, 6.07) is 13.1. The fourth-order valence-corrected chi connectivity index (χ4v) is 4.24. The van der Waals surface area contributed by atoms with E-state index in [4.69, 9.17) is 9.72 Å². The summed E-state index contributed by atoms with van der Waals surface area (Å²) in [5.74, 6) is -0.140. The van der Waals surface area contributed by atoms with E-state index in [0.717, 1.165) is 39.6 Å². The van der Waals surface area contributed by atoms with Crippen LogP contribution in [0.5, 0.6) is 5.75 Å². The number of hydrogen-bond acceptors (Lipinski definition) is 6. The fourth-order valence-electron chi connectivity index (χ4n) is 3.77. The predicted octanol–water partition coefficient (Wildman–Crippen LogP) is 3.63. The van der Waals surface area contributed by atoms with E-state index < -0.39 is 28.6 Å². The number of ether oxygens (including phenoxy) is 1. The number of carboxylic acid groups (broad SMARTS) is 1. The molecule has 3 aromatic rings. The highest BCUT2D eigenvalue weighted by Gasteiger charge is 2.19. The van der Waals surface area contributed by atoms with Crippen molar-refractivity contribution in [2.24, 2.45) is 5.92 Å². The van der Waals surface area contributed by atoms with Gasteiger partial charge < -0.3 is 15.2 Å². The molecule has 0 fully saturated rings. The monoisotopic (exact) mass is 499 g/mol. The first-order valence-electron chi connectivity index (χ1n) is 11.1. The molecule has 186 valence electrons. The van der Waals surface area contributed by atoms with Gasteiger partial charge in [0.2, 0.25) is 10.0 Å². The molecule has 0 saturated heterocycles. The molecule has 1 heterocycles. The summed E-state index contributed by atoms with van der Waals surface area (Å²) < 4.78 is 29.9. The molecule has 0 bridgehead atoms. The Hall–Kier alpha value is -3.66. The molecule has 1 aromatic heterocycles. The minimum atomic E-state index is -3.69. The number of fused-ring (bicyclic) bond motifs is 1. The smallest absolute Gasteiger partial charge is 0.404 e. The Morgan fingerprint density at radius 2 is 1.80 bits per heavy atom. The lowest BCUT2D eigenvalue weighted by atomic mass is 9.91. The lowest BCUT2D eigenvalue weighted by Gasteiger charge is -2.19. The van der Waals surface area contributed by atoms with Crippen LogP contribution in [0.15, 0.2) is 42.5 Å². The molecule has 0 spiro atoms. The highest BCUT2D eigenvalue weighted by molar-refractivity contribution is 7.89. The first-order chi connectivity index (χ1) is 16.4. The van der Waals surface area contributed by atoms with E-state index in [9.17, 15) is 23.1 Å². The number of sulfonamides is 1. The van der Waals surface area contributed by atoms with Crippen molar-refractivity contribution in [2.45, 2.75) is 33.7 Å². The van der Waals surface area contributed by atoms with Gasteiger partial charge in [0, 0.05) is 23.2 Å². The number of benzene rings is 2. The largest absolute Gasteiger partial charge is 0.484 e. The van der Waals surface area contributed by atoms with Crippen molar-refractivity contribution < 1.29 is 27.9 Å². The highest BCUT2D eigenvalue weighted by atomic mass is 32.2. The van der Waals surface area contributed by atoms with Crippen LogP contribution in [0, 0.1) is 12.8 Å². The van der Waals surface area contributed by atoms with Gasteiger partial charge in [0.15, 0.2) is 6.61 Å². The van der Waals surface area contributed by atoms with Gasteiger partial charge in [0.1, 0.15) is 5.75 Å². The number of carbonyl (C=O) groups is 2. The van der Waals surface area contributed by atoms with Gasteiger partial charge in [0.05, 0.1) is 11.8 Å². The van der Waals surface area contributed by atoms with Gasteiger partial charge in [-0.1, -0.05) is 43.7 Å². The molecule has 0 aliphatic heterocycles. The minimum Gasteiger partial charge on any atom is -0.484 e. The molecule has 0 aliphatic carbocycles. The molecule has 0 unspecified atom stereocenters. The van der Waals surface area contributed by atoms with Gasteiger partial charge in [-0.15, -0.1) is 0 Å². The molecule has 9 nitrogen and oxygen atoms in total. The number of hydrogen-bond donors (Lipinski definition) is 3. The Balaban J connectivity index is 2.15. The van der Waals surface area contributed by atoms with Crippen molar-refractivity contribution in [2.75, 3.05) is 12.9 Å². The third-order valence-corrected chi connectivity index (χ3v) is 5.77. The van der Waals surface area contributed by atoms with E-state index in [1.165, 1.54) is 0 Å². The van der Waals surface area contributed by atoms with Gasteiger partial charge in [0.25, 0.3) is 5.91 Å². The zero-order valence-corrected chi connectivity index (χ0v) is 20.9. The van der Waals surface area contributed by atoms with Crippen LogP contribution in [0.4, 0.5) is 4.79 Å². The molecular formula is C25H29N3O6S. The van der Waals surface area contributed by atoms with Crippen molar-refractivity contribution in [1.82, 2.24) is 15.0 Å². The van der Waals surface area contributed by atoms with E-state index in [0.29, 0.717) is 23.6 Å². The normalized spacial score (nSPS) is 11.5. The fraction of sp³-hybridized carbons (Fsp3) is 0.320. The van der Waals surface area contributed by atoms with Crippen LogP contribution < -0.4 is 14.8 Å². The van der Waals surface area contributed by atoms with Crippen LogP contribution in [0.25, 0.3) is 22.0 Å². The van der Waals surface area contributed by atoms with E-state index in [1.807, 2.05) is 35.9 Å². The average molecular weight is 500 g/mol. The highest BCUT2D eigenvalue weighted by Crippen LogP contribution is 2.36. The summed E-state index contributed by atoms with van der Waals surface area (Å²) >= 11 is 0. The number of rotatable bonds is 9. The summed E-state index contributed by atoms with van der Waals surface area (Å²) in [6.07, 6.45) is 0.418. The number of aryl methyl sites for hydroxylation is 1. The topological polar surface area (TPSA) is 135 Å². The second-order valence-electron chi connectivity index (χ2n) is 8.80. The second kappa shape index (κ2) is 10.7. The number of carbonyl (C=O) groups excluding carboxylic acids is 1. The molecular weight excluding hydrogens is 470 g/mol. The Labute approximate surface area is 204 Å². The number of pyridine rings is 1. The van der Waals surface area contributed by atoms with Gasteiger partial charge in [-0.25, -0.2) is 13.2 Å². The van der Waals surface area contributed by atoms with Crippen LogP contribution in [0.3, 0.4) is 0 Å². The minimum absolute atomic E-state index is 0.0748. The molecule has 35 heavy (non-hydrogen) atoms. The average Bonchev–Trinajstić information content (AvgIpc) is 2.75. The molecule has 0 atom stereocenters. The van der Waals surface area contributed by atoms with Crippen molar-refractivity contribution in [3.05, 3.63) is 59.3 Å². The SMILES string of the molecule is Cc1ccc(-c2c(CNC(=O)O)c(CC(C)C)nc3ccc(OCC(=O)NS(C)(=O)=O)cc23)cc1. The van der Waals surface area contributed by atoms with E-state index in [1.54, 1.807) is 18.2 Å². The van der Waals surface area contributed by atoms with E-state index >= 15 is 0 Å². The van der Waals surface area contributed by atoms with Gasteiger partial charge in [-0.05, 0) is 48.6 Å². The summed E-state index contributed by atoms with van der Waals surface area (Å²) in [4.78, 5) is 28.0. The standard InChI is InChI=1S/C25H29N3O6S/c1-15(2)11-22-20(13-26-25(30)31)24(17-7-5-16(3)6-8-17)19-12-18(9-10-21(19)27-22)34-14-23(29)28-35(4,32)33/h5-10,12,15,26H,11,13-14H2,1-4H3,(H,28,29)(H,30,31). The van der Waals surface area contributed by atoms with Gasteiger partial charge in [-0.3, -0.25) is 14.5 Å². The van der Waals surface area contributed by atoms with Crippen molar-refractivity contribution >= 4 is 32.9 Å². The maximum absolute atomic E-state index is 11.9. The third kappa shape index (κ3) is 7.16. The number of nitrogens with zero attached hydrogens (tertiary/aromatic N) is 1. The van der Waals surface area contributed by atoms with Crippen molar-refractivity contribution in [1.29, 1.82) is 0 Å². The van der Waals surface area contributed by atoms with Crippen LogP contribution >= 0.6 is 0 Å². The van der Waals surface area contributed by atoms with Gasteiger partial charge >= 0.3 is 6.09 Å². The van der Waals surface area contributed by atoms with Gasteiger partial charge in [-0.2, -0.15) is 0 Å². The molecule has 2 amide bonds. The predicted molar refractivity (Wildman–Crippen MR) is 134 cm³/mol. The molecule has 0 aliphatic rings. The van der Waals surface area contributed by atoms with Crippen LogP contribution in [-0.4, -0.2) is 43.4 Å². The zero-order chi connectivity index (χ0) is 25.8. The summed E-state index contributed by atoms with van der Waals surface area (Å²) in [5, 5.41) is 12.5. The third-order valence-electron chi connectivity index (χ3n) is 5.17. The Morgan fingerprint density at radius 3 is 2.40 bits per heavy atom. The molecule has 3 N–H and O–H groups in total. The molecule has 0 radical (unpaired) electrons. The molecule has 2 aromatic carbocycles. The second-order valence-corrected chi connectivity index (χ2v) is 10.5. The Morgan fingerprint density at radius 1 is 1.11 bits per heavy atom. The van der Waals surface area contributed by atoms with Crippen LogP contribution in [0.1, 0.15) is 30.7 Å². The quantitative estimate of drug-likeness (QED) is 0.409. The van der Waals surface area contributed by atoms with E-state index in [2.05, 4.69) is 19.2 Å². The Kier molecular flexibility index (Phi) is 7.96. The van der Waals surface area contributed by atoms with Crippen molar-refractivity contribution in [3.8, 4) is 16.9 Å². The maximum atomic E-state index is 11.9. The first kappa shape index (κ1) is 26.0. The number of nitrogens with one attached hydrogen (secondary N) is 2. The van der Waals surface area contributed by atoms with Crippen LogP contribution in [-0.2, 0) is 27.8 Å². The zero-order valence-electron chi connectivity index (χ0n) is 20.1.